The molecule has 0 spiro atoms. The number of fused-ring (bicyclic) bond motifs is 1. The lowest BCUT2D eigenvalue weighted by molar-refractivity contribution is 0.513. The van der Waals surface area contributed by atoms with Gasteiger partial charge < -0.3 is 4.90 Å². The second kappa shape index (κ2) is 5.97. The lowest BCUT2D eigenvalue weighted by Gasteiger charge is -2.31. The van der Waals surface area contributed by atoms with E-state index in [-0.39, 0.29) is 5.02 Å². The normalized spacial score (nSPS) is 17.2. The third kappa shape index (κ3) is 2.68. The summed E-state index contributed by atoms with van der Waals surface area (Å²) in [6.07, 6.45) is 1.82. The molecule has 25 heavy (non-hydrogen) atoms. The largest absolute Gasteiger partial charge is 0.305 e. The first-order valence-corrected chi connectivity index (χ1v) is 8.00. The number of para-hydroxylation sites is 2. The summed E-state index contributed by atoms with van der Waals surface area (Å²) in [5.74, 6) is -0.374. The number of nitrogens with zero attached hydrogens (tertiary/aromatic N) is 4. The summed E-state index contributed by atoms with van der Waals surface area (Å²) in [5, 5.41) is 0.00882. The third-order valence-electron chi connectivity index (χ3n) is 4.05. The van der Waals surface area contributed by atoms with E-state index in [1.165, 1.54) is 18.3 Å². The van der Waals surface area contributed by atoms with Gasteiger partial charge in [0.05, 0.1) is 22.3 Å². The Morgan fingerprint density at radius 3 is 2.72 bits per heavy atom. The fourth-order valence-corrected chi connectivity index (χ4v) is 3.06. The fourth-order valence-electron chi connectivity index (χ4n) is 2.94. The SMILES string of the molecule is Cc1nc2ccccc2n1C1N=CC(F)=CN1c1ccc(Cl)c(F)c1. The van der Waals surface area contributed by atoms with Crippen molar-refractivity contribution >= 4 is 34.5 Å². The van der Waals surface area contributed by atoms with E-state index in [1.54, 1.807) is 11.0 Å². The molecule has 0 bridgehead atoms. The highest BCUT2D eigenvalue weighted by atomic mass is 35.5. The zero-order chi connectivity index (χ0) is 17.6. The maximum Gasteiger partial charge on any atom is 0.208 e. The van der Waals surface area contributed by atoms with Crippen LogP contribution in [-0.4, -0.2) is 15.8 Å². The van der Waals surface area contributed by atoms with E-state index >= 15 is 0 Å². The Morgan fingerprint density at radius 2 is 1.92 bits per heavy atom. The molecular formula is C18H13ClF2N4. The van der Waals surface area contributed by atoms with Gasteiger partial charge in [-0.05, 0) is 37.3 Å². The van der Waals surface area contributed by atoms with E-state index in [1.807, 2.05) is 35.8 Å². The highest BCUT2D eigenvalue weighted by Crippen LogP contribution is 2.33. The highest BCUT2D eigenvalue weighted by Gasteiger charge is 2.25. The van der Waals surface area contributed by atoms with Crippen LogP contribution in [0.3, 0.4) is 0 Å². The van der Waals surface area contributed by atoms with E-state index in [2.05, 4.69) is 9.98 Å². The summed E-state index contributed by atoms with van der Waals surface area (Å²) in [6.45, 7) is 1.85. The van der Waals surface area contributed by atoms with Crippen molar-refractivity contribution in [2.45, 2.75) is 13.2 Å². The monoisotopic (exact) mass is 358 g/mol. The van der Waals surface area contributed by atoms with Crippen molar-refractivity contribution in [1.29, 1.82) is 0 Å². The number of anilines is 1. The molecule has 1 atom stereocenters. The summed E-state index contributed by atoms with van der Waals surface area (Å²) in [4.78, 5) is 10.4. The molecule has 2 heterocycles. The Kier molecular flexibility index (Phi) is 3.77. The summed E-state index contributed by atoms with van der Waals surface area (Å²) in [7, 11) is 0. The topological polar surface area (TPSA) is 33.4 Å². The number of benzene rings is 2. The van der Waals surface area contributed by atoms with Crippen LogP contribution in [0.2, 0.25) is 5.02 Å². The molecule has 1 aromatic heterocycles. The van der Waals surface area contributed by atoms with Crippen LogP contribution in [0, 0.1) is 12.7 Å². The molecule has 7 heteroatoms. The molecule has 4 rings (SSSR count). The highest BCUT2D eigenvalue weighted by molar-refractivity contribution is 6.30. The number of imidazole rings is 1. The molecule has 0 aliphatic carbocycles. The zero-order valence-electron chi connectivity index (χ0n) is 13.2. The molecule has 0 fully saturated rings. The molecule has 1 unspecified atom stereocenters. The molecule has 1 aliphatic heterocycles. The van der Waals surface area contributed by atoms with Crippen molar-refractivity contribution in [3.05, 3.63) is 71.2 Å². The van der Waals surface area contributed by atoms with Crippen LogP contribution in [-0.2, 0) is 0 Å². The second-order valence-corrected chi connectivity index (χ2v) is 6.07. The predicted molar refractivity (Wildman–Crippen MR) is 95.1 cm³/mol. The van der Waals surface area contributed by atoms with Gasteiger partial charge in [-0.25, -0.2) is 18.8 Å². The van der Waals surface area contributed by atoms with Crippen molar-refractivity contribution in [3.8, 4) is 0 Å². The average Bonchev–Trinajstić information content (AvgIpc) is 2.93. The molecule has 0 saturated carbocycles. The molecule has 2 aromatic carbocycles. The van der Waals surface area contributed by atoms with Crippen LogP contribution >= 0.6 is 11.6 Å². The maximum atomic E-state index is 13.9. The first-order chi connectivity index (χ1) is 12.0. The number of aryl methyl sites for hydroxylation is 1. The Morgan fingerprint density at radius 1 is 1.12 bits per heavy atom. The van der Waals surface area contributed by atoms with Gasteiger partial charge in [-0.3, -0.25) is 4.57 Å². The molecular weight excluding hydrogens is 346 g/mol. The van der Waals surface area contributed by atoms with Gasteiger partial charge in [-0.2, -0.15) is 0 Å². The number of hydrogen-bond donors (Lipinski definition) is 0. The molecule has 0 radical (unpaired) electrons. The van der Waals surface area contributed by atoms with Crippen molar-refractivity contribution in [1.82, 2.24) is 9.55 Å². The molecule has 1 aliphatic rings. The van der Waals surface area contributed by atoms with Gasteiger partial charge >= 0.3 is 0 Å². The van der Waals surface area contributed by atoms with Gasteiger partial charge in [0.1, 0.15) is 11.6 Å². The minimum absolute atomic E-state index is 0.00882. The van der Waals surface area contributed by atoms with Crippen LogP contribution in [0.25, 0.3) is 11.0 Å². The number of aromatic nitrogens is 2. The number of allylic oxidation sites excluding steroid dienone is 1. The van der Waals surface area contributed by atoms with Gasteiger partial charge in [0, 0.05) is 11.9 Å². The van der Waals surface area contributed by atoms with Crippen molar-refractivity contribution in [2.75, 3.05) is 4.90 Å². The van der Waals surface area contributed by atoms with Gasteiger partial charge in [-0.15, -0.1) is 0 Å². The van der Waals surface area contributed by atoms with E-state index in [0.717, 1.165) is 23.1 Å². The molecule has 0 saturated heterocycles. The number of halogens is 3. The standard InChI is InChI=1S/C18H13ClF2N4/c1-11-23-16-4-2-3-5-17(16)25(11)18-22-9-12(20)10-24(18)13-6-7-14(19)15(21)8-13/h2-10,18H,1H3. The lowest BCUT2D eigenvalue weighted by Crippen LogP contribution is -2.30. The van der Waals surface area contributed by atoms with Gasteiger partial charge in [-0.1, -0.05) is 23.7 Å². The van der Waals surface area contributed by atoms with Gasteiger partial charge in [0.25, 0.3) is 0 Å². The van der Waals surface area contributed by atoms with E-state index < -0.39 is 17.9 Å². The first-order valence-electron chi connectivity index (χ1n) is 7.62. The Balaban J connectivity index is 1.88. The molecule has 0 N–H and O–H groups in total. The average molecular weight is 359 g/mol. The number of hydrogen-bond acceptors (Lipinski definition) is 3. The molecule has 3 aromatic rings. The summed E-state index contributed by atoms with van der Waals surface area (Å²) in [5.41, 5.74) is 2.11. The number of aliphatic imine (C=N–C) groups is 1. The van der Waals surface area contributed by atoms with Gasteiger partial charge in [0.2, 0.25) is 6.29 Å². The molecule has 126 valence electrons. The predicted octanol–water partition coefficient (Wildman–Crippen LogP) is 5.00. The third-order valence-corrected chi connectivity index (χ3v) is 4.35. The van der Waals surface area contributed by atoms with Crippen LogP contribution < -0.4 is 4.90 Å². The smallest absolute Gasteiger partial charge is 0.208 e. The summed E-state index contributed by atoms with van der Waals surface area (Å²) < 4.78 is 29.6. The quantitative estimate of drug-likeness (QED) is 0.646. The minimum Gasteiger partial charge on any atom is -0.305 e. The van der Waals surface area contributed by atoms with Crippen LogP contribution in [0.1, 0.15) is 12.1 Å². The first kappa shape index (κ1) is 15.8. The van der Waals surface area contributed by atoms with E-state index in [9.17, 15) is 8.78 Å². The Hall–Kier alpha value is -2.73. The van der Waals surface area contributed by atoms with Gasteiger partial charge in [0.15, 0.2) is 5.83 Å². The minimum atomic E-state index is -0.618. The summed E-state index contributed by atoms with van der Waals surface area (Å²) in [6, 6.07) is 11.9. The molecule has 0 amide bonds. The van der Waals surface area contributed by atoms with Crippen molar-refractivity contribution in [2.24, 2.45) is 4.99 Å². The fraction of sp³-hybridized carbons (Fsp3) is 0.111. The van der Waals surface area contributed by atoms with Crippen LogP contribution in [0.5, 0.6) is 0 Å². The van der Waals surface area contributed by atoms with E-state index in [4.69, 9.17) is 11.6 Å². The van der Waals surface area contributed by atoms with Crippen LogP contribution in [0.15, 0.2) is 59.5 Å². The van der Waals surface area contributed by atoms with E-state index in [0.29, 0.717) is 5.69 Å². The Bertz CT molecular complexity index is 1030. The number of rotatable bonds is 2. The second-order valence-electron chi connectivity index (χ2n) is 5.66. The lowest BCUT2D eigenvalue weighted by atomic mass is 10.2. The zero-order valence-corrected chi connectivity index (χ0v) is 14.0. The van der Waals surface area contributed by atoms with Crippen molar-refractivity contribution in [3.63, 3.8) is 0 Å². The van der Waals surface area contributed by atoms with Crippen molar-refractivity contribution < 1.29 is 8.78 Å². The maximum absolute atomic E-state index is 13.9. The Labute approximate surface area is 147 Å². The van der Waals surface area contributed by atoms with Crippen LogP contribution in [0.4, 0.5) is 14.5 Å². The summed E-state index contributed by atoms with van der Waals surface area (Å²) >= 11 is 5.76. The molecule has 4 nitrogen and oxygen atoms in total.